The van der Waals surface area contributed by atoms with E-state index in [0.717, 1.165) is 17.0 Å². The van der Waals surface area contributed by atoms with Gasteiger partial charge in [-0.3, -0.25) is 0 Å². The lowest BCUT2D eigenvalue weighted by atomic mass is 10.2. The number of benzene rings is 1. The van der Waals surface area contributed by atoms with E-state index < -0.39 is 0 Å². The normalized spacial score (nSPS) is 10.2. The van der Waals surface area contributed by atoms with E-state index in [2.05, 4.69) is 15.6 Å². The highest BCUT2D eigenvalue weighted by atomic mass is 32.1. The van der Waals surface area contributed by atoms with Crippen LogP contribution in [0.15, 0.2) is 36.5 Å². The van der Waals surface area contributed by atoms with Crippen molar-refractivity contribution < 1.29 is 4.79 Å². The molecule has 1 aromatic heterocycles. The van der Waals surface area contributed by atoms with Gasteiger partial charge in [0.25, 0.3) is 0 Å². The molecule has 2 amide bonds. The first-order valence-corrected chi connectivity index (χ1v) is 7.02. The van der Waals surface area contributed by atoms with Crippen LogP contribution in [0.25, 0.3) is 0 Å². The van der Waals surface area contributed by atoms with Gasteiger partial charge in [-0.25, -0.2) is 9.78 Å². The van der Waals surface area contributed by atoms with E-state index in [4.69, 9.17) is 0 Å². The highest BCUT2D eigenvalue weighted by molar-refractivity contribution is 7.11. The first-order valence-electron chi connectivity index (χ1n) is 6.21. The van der Waals surface area contributed by atoms with E-state index in [0.29, 0.717) is 13.1 Å². The Morgan fingerprint density at radius 3 is 2.74 bits per heavy atom. The summed E-state index contributed by atoms with van der Waals surface area (Å²) < 4.78 is 0. The summed E-state index contributed by atoms with van der Waals surface area (Å²) in [5, 5.41) is 6.73. The molecule has 2 aromatic rings. The fraction of sp³-hybridized carbons (Fsp3) is 0.286. The Morgan fingerprint density at radius 1 is 1.26 bits per heavy atom. The van der Waals surface area contributed by atoms with Crippen LogP contribution in [0.5, 0.6) is 0 Å². The number of thiazole rings is 1. The molecule has 0 aliphatic rings. The van der Waals surface area contributed by atoms with E-state index in [1.165, 1.54) is 4.88 Å². The summed E-state index contributed by atoms with van der Waals surface area (Å²) in [5.74, 6) is 0. The molecular formula is C14H17N3OS. The molecule has 0 radical (unpaired) electrons. The van der Waals surface area contributed by atoms with Gasteiger partial charge in [0.15, 0.2) is 0 Å². The van der Waals surface area contributed by atoms with Crippen molar-refractivity contribution in [2.24, 2.45) is 0 Å². The molecule has 19 heavy (non-hydrogen) atoms. The zero-order valence-electron chi connectivity index (χ0n) is 10.8. The maximum absolute atomic E-state index is 11.6. The van der Waals surface area contributed by atoms with Gasteiger partial charge in [0, 0.05) is 30.6 Å². The van der Waals surface area contributed by atoms with Gasteiger partial charge in [0.1, 0.15) is 0 Å². The molecule has 1 heterocycles. The number of carbonyl (C=O) groups is 1. The van der Waals surface area contributed by atoms with Crippen LogP contribution in [0.2, 0.25) is 0 Å². The van der Waals surface area contributed by atoms with Gasteiger partial charge in [0.05, 0.1) is 5.01 Å². The van der Waals surface area contributed by atoms with E-state index >= 15 is 0 Å². The van der Waals surface area contributed by atoms with Gasteiger partial charge in [-0.2, -0.15) is 0 Å². The second-order valence-corrected chi connectivity index (χ2v) is 5.51. The molecule has 0 spiro atoms. The number of urea groups is 1. The molecule has 2 rings (SSSR count). The molecule has 0 aliphatic heterocycles. The topological polar surface area (TPSA) is 54.0 Å². The monoisotopic (exact) mass is 275 g/mol. The number of hydrogen-bond acceptors (Lipinski definition) is 3. The predicted octanol–water partition coefficient (Wildman–Crippen LogP) is 2.49. The summed E-state index contributed by atoms with van der Waals surface area (Å²) in [6.45, 7) is 3.16. The Hall–Kier alpha value is -1.88. The van der Waals surface area contributed by atoms with E-state index in [1.807, 2.05) is 43.5 Å². The Morgan fingerprint density at radius 2 is 2.05 bits per heavy atom. The van der Waals surface area contributed by atoms with Crippen molar-refractivity contribution in [3.63, 3.8) is 0 Å². The number of rotatable bonds is 5. The van der Waals surface area contributed by atoms with Crippen LogP contribution in [0.3, 0.4) is 0 Å². The molecule has 0 saturated carbocycles. The first kappa shape index (κ1) is 13.5. The number of aromatic nitrogens is 1. The molecule has 100 valence electrons. The number of aryl methyl sites for hydroxylation is 1. The molecule has 0 unspecified atom stereocenters. The van der Waals surface area contributed by atoms with Crippen molar-refractivity contribution >= 4 is 17.4 Å². The lowest BCUT2D eigenvalue weighted by molar-refractivity contribution is 0.240. The summed E-state index contributed by atoms with van der Waals surface area (Å²) in [6, 6.07) is 9.72. The average Bonchev–Trinajstić information content (AvgIpc) is 2.83. The lowest BCUT2D eigenvalue weighted by Gasteiger charge is -2.06. The second kappa shape index (κ2) is 6.89. The molecule has 5 heteroatoms. The summed E-state index contributed by atoms with van der Waals surface area (Å²) in [6.07, 6.45) is 2.69. The Bertz CT molecular complexity index is 524. The molecule has 1 aromatic carbocycles. The highest BCUT2D eigenvalue weighted by Crippen LogP contribution is 2.11. The first-order chi connectivity index (χ1) is 9.24. The number of amides is 2. The Kier molecular flexibility index (Phi) is 4.92. The highest BCUT2D eigenvalue weighted by Gasteiger charge is 2.01. The van der Waals surface area contributed by atoms with Crippen LogP contribution in [-0.2, 0) is 13.0 Å². The molecule has 0 fully saturated rings. The van der Waals surface area contributed by atoms with Crippen molar-refractivity contribution in [3.05, 3.63) is 52.0 Å². The largest absolute Gasteiger partial charge is 0.338 e. The zero-order valence-corrected chi connectivity index (χ0v) is 11.7. The minimum Gasteiger partial charge on any atom is -0.338 e. The standard InChI is InChI=1S/C14H17N3OS/c1-11-16-10-13(19-11)7-8-15-14(18)17-9-12-5-3-2-4-6-12/h2-6,10H,7-9H2,1H3,(H2,15,17,18). The van der Waals surface area contributed by atoms with Crippen LogP contribution < -0.4 is 10.6 Å². The zero-order chi connectivity index (χ0) is 13.5. The Balaban J connectivity index is 1.65. The molecule has 0 atom stereocenters. The van der Waals surface area contributed by atoms with Crippen LogP contribution in [0.1, 0.15) is 15.4 Å². The molecule has 0 saturated heterocycles. The van der Waals surface area contributed by atoms with Gasteiger partial charge in [-0.05, 0) is 12.5 Å². The van der Waals surface area contributed by atoms with Crippen molar-refractivity contribution in [3.8, 4) is 0 Å². The summed E-state index contributed by atoms with van der Waals surface area (Å²) in [5.41, 5.74) is 1.09. The van der Waals surface area contributed by atoms with Gasteiger partial charge in [0.2, 0.25) is 0 Å². The maximum Gasteiger partial charge on any atom is 0.315 e. The number of carbonyl (C=O) groups excluding carboxylic acids is 1. The third-order valence-corrected chi connectivity index (χ3v) is 3.59. The third kappa shape index (κ3) is 4.71. The van der Waals surface area contributed by atoms with Crippen molar-refractivity contribution in [2.75, 3.05) is 6.54 Å². The number of hydrogen-bond donors (Lipinski definition) is 2. The summed E-state index contributed by atoms with van der Waals surface area (Å²) in [4.78, 5) is 17.0. The van der Waals surface area contributed by atoms with Crippen molar-refractivity contribution in [1.29, 1.82) is 0 Å². The summed E-state index contributed by atoms with van der Waals surface area (Å²) >= 11 is 1.67. The number of nitrogens with one attached hydrogen (secondary N) is 2. The maximum atomic E-state index is 11.6. The van der Waals surface area contributed by atoms with Crippen LogP contribution >= 0.6 is 11.3 Å². The van der Waals surface area contributed by atoms with E-state index in [9.17, 15) is 4.79 Å². The fourth-order valence-corrected chi connectivity index (χ4v) is 2.46. The van der Waals surface area contributed by atoms with Crippen molar-refractivity contribution in [1.82, 2.24) is 15.6 Å². The lowest BCUT2D eigenvalue weighted by Crippen LogP contribution is -2.36. The molecule has 4 nitrogen and oxygen atoms in total. The fourth-order valence-electron chi connectivity index (χ4n) is 1.66. The second-order valence-electron chi connectivity index (χ2n) is 4.19. The number of nitrogens with zero attached hydrogens (tertiary/aromatic N) is 1. The van der Waals surface area contributed by atoms with Crippen LogP contribution in [-0.4, -0.2) is 17.6 Å². The van der Waals surface area contributed by atoms with Crippen molar-refractivity contribution in [2.45, 2.75) is 19.9 Å². The molecule has 0 aliphatic carbocycles. The van der Waals surface area contributed by atoms with Crippen LogP contribution in [0.4, 0.5) is 4.79 Å². The third-order valence-electron chi connectivity index (χ3n) is 2.62. The van der Waals surface area contributed by atoms with Gasteiger partial charge >= 0.3 is 6.03 Å². The minimum absolute atomic E-state index is 0.134. The van der Waals surface area contributed by atoms with Crippen LogP contribution in [0, 0.1) is 6.92 Å². The Labute approximate surface area is 116 Å². The molecule has 0 bridgehead atoms. The van der Waals surface area contributed by atoms with Gasteiger partial charge in [-0.15, -0.1) is 11.3 Å². The smallest absolute Gasteiger partial charge is 0.315 e. The van der Waals surface area contributed by atoms with Gasteiger partial charge < -0.3 is 10.6 Å². The van der Waals surface area contributed by atoms with E-state index in [-0.39, 0.29) is 6.03 Å². The summed E-state index contributed by atoms with van der Waals surface area (Å²) in [7, 11) is 0. The SMILES string of the molecule is Cc1ncc(CCNC(=O)NCc2ccccc2)s1. The predicted molar refractivity (Wildman–Crippen MR) is 77.2 cm³/mol. The molecular weight excluding hydrogens is 258 g/mol. The quantitative estimate of drug-likeness (QED) is 0.881. The van der Waals surface area contributed by atoms with E-state index in [1.54, 1.807) is 11.3 Å². The van der Waals surface area contributed by atoms with Gasteiger partial charge in [-0.1, -0.05) is 30.3 Å². The average molecular weight is 275 g/mol. The minimum atomic E-state index is -0.134. The molecule has 2 N–H and O–H groups in total.